The Bertz CT molecular complexity index is 2300. The van der Waals surface area contributed by atoms with E-state index in [1.807, 2.05) is 0 Å². The Balaban J connectivity index is 1.45. The van der Waals surface area contributed by atoms with E-state index in [1.54, 1.807) is 54.6 Å². The van der Waals surface area contributed by atoms with Gasteiger partial charge in [-0.25, -0.2) is 14.4 Å². The van der Waals surface area contributed by atoms with Crippen molar-refractivity contribution in [2.24, 2.45) is 0 Å². The molecule has 0 aromatic heterocycles. The van der Waals surface area contributed by atoms with Gasteiger partial charge in [-0.15, -0.1) is 0 Å². The van der Waals surface area contributed by atoms with E-state index in [9.17, 15) is 38.9 Å². The fraction of sp³-hybridized carbons (Fsp3) is 0.333. The third-order valence-corrected chi connectivity index (χ3v) is 9.85. The van der Waals surface area contributed by atoms with Crippen molar-refractivity contribution in [1.29, 1.82) is 0 Å². The highest BCUT2D eigenvalue weighted by Crippen LogP contribution is 2.37. The number of hydrogen-bond donors (Lipinski definition) is 1. The summed E-state index contributed by atoms with van der Waals surface area (Å²) in [6.07, 6.45) is -14.4. The maximum atomic E-state index is 14.0. The molecule has 2 aliphatic rings. The monoisotopic (exact) mass is 884 g/mol. The molecular formula is C45H44N2O17. The summed E-state index contributed by atoms with van der Waals surface area (Å²) in [4.78, 5) is 90.7. The molecule has 4 aromatic rings. The normalized spacial score (nSPS) is 25.1. The van der Waals surface area contributed by atoms with Gasteiger partial charge in [0.25, 0.3) is 0 Å². The third-order valence-electron chi connectivity index (χ3n) is 9.85. The highest BCUT2D eigenvalue weighted by Gasteiger charge is 2.57. The molecule has 0 spiro atoms. The van der Waals surface area contributed by atoms with Gasteiger partial charge in [-0.05, 0) is 49.4 Å². The molecule has 2 aliphatic heterocycles. The molecule has 1 N–H and O–H groups in total. The fourth-order valence-corrected chi connectivity index (χ4v) is 7.01. The van der Waals surface area contributed by atoms with Gasteiger partial charge >= 0.3 is 35.5 Å². The summed E-state index contributed by atoms with van der Waals surface area (Å²) in [7, 11) is 0. The molecule has 336 valence electrons. The average molecular weight is 885 g/mol. The lowest BCUT2D eigenvalue weighted by molar-refractivity contribution is -0.387. The molecule has 1 amide bonds. The van der Waals surface area contributed by atoms with Crippen LogP contribution in [0.3, 0.4) is 0 Å². The summed E-state index contributed by atoms with van der Waals surface area (Å²) in [6, 6.07) is 27.3. The van der Waals surface area contributed by atoms with E-state index in [4.69, 9.17) is 42.6 Å². The topological polar surface area (TPSA) is 241 Å². The molecule has 0 radical (unpaired) electrons. The zero-order valence-corrected chi connectivity index (χ0v) is 34.8. The molecule has 19 heteroatoms. The molecule has 0 aliphatic carbocycles. The highest BCUT2D eigenvalue weighted by molar-refractivity contribution is 5.91. The number of ether oxygens (including phenoxy) is 9. The number of rotatable bonds is 15. The molecule has 6 rings (SSSR count). The van der Waals surface area contributed by atoms with E-state index in [0.29, 0.717) is 0 Å². The van der Waals surface area contributed by atoms with Crippen molar-refractivity contribution >= 4 is 41.4 Å². The van der Waals surface area contributed by atoms with Gasteiger partial charge in [-0.3, -0.25) is 24.5 Å². The number of nitro groups is 1. The van der Waals surface area contributed by atoms with E-state index >= 15 is 0 Å². The van der Waals surface area contributed by atoms with Gasteiger partial charge in [0.15, 0.2) is 36.5 Å². The van der Waals surface area contributed by atoms with Crippen LogP contribution in [0.25, 0.3) is 0 Å². The smallest absolute Gasteiger partial charge is 0.338 e. The molecule has 2 fully saturated rings. The Morgan fingerprint density at radius 2 is 1.09 bits per heavy atom. The first-order valence-corrected chi connectivity index (χ1v) is 19.9. The Morgan fingerprint density at radius 1 is 0.594 bits per heavy atom. The van der Waals surface area contributed by atoms with Crippen LogP contribution in [0.15, 0.2) is 115 Å². The van der Waals surface area contributed by atoms with Crippen LogP contribution < -0.4 is 10.1 Å². The van der Waals surface area contributed by atoms with Crippen LogP contribution in [0, 0.1) is 10.1 Å². The number of nitrogens with zero attached hydrogens (tertiary/aromatic N) is 1. The third kappa shape index (κ3) is 11.6. The minimum Gasteiger partial charge on any atom is -0.463 e. The van der Waals surface area contributed by atoms with E-state index in [2.05, 4.69) is 5.32 Å². The minimum atomic E-state index is -1.81. The Kier molecular flexibility index (Phi) is 15.4. The number of nitro benzene ring substituents is 1. The zero-order chi connectivity index (χ0) is 45.9. The average Bonchev–Trinajstić information content (AvgIpc) is 3.27. The van der Waals surface area contributed by atoms with Crippen LogP contribution in [0.2, 0.25) is 0 Å². The summed E-state index contributed by atoms with van der Waals surface area (Å²) < 4.78 is 54.5. The lowest BCUT2D eigenvalue weighted by atomic mass is 9.94. The van der Waals surface area contributed by atoms with Gasteiger partial charge in [0.05, 0.1) is 27.7 Å². The number of carbonyl (C=O) groups is 6. The van der Waals surface area contributed by atoms with Crippen molar-refractivity contribution in [2.45, 2.75) is 89.0 Å². The van der Waals surface area contributed by atoms with Crippen LogP contribution in [-0.2, 0) is 52.3 Å². The first-order chi connectivity index (χ1) is 30.7. The van der Waals surface area contributed by atoms with Crippen LogP contribution >= 0.6 is 0 Å². The van der Waals surface area contributed by atoms with Gasteiger partial charge in [0.2, 0.25) is 12.2 Å². The van der Waals surface area contributed by atoms with Crippen molar-refractivity contribution in [3.8, 4) is 5.75 Å². The summed E-state index contributed by atoms with van der Waals surface area (Å²) in [5.41, 5.74) is -0.200. The van der Waals surface area contributed by atoms with Crippen molar-refractivity contribution in [3.63, 3.8) is 0 Å². The van der Waals surface area contributed by atoms with E-state index in [1.165, 1.54) is 67.6 Å². The predicted octanol–water partition coefficient (Wildman–Crippen LogP) is 4.50. The Labute approximate surface area is 365 Å². The summed E-state index contributed by atoms with van der Waals surface area (Å²) >= 11 is 0. The second-order valence-corrected chi connectivity index (χ2v) is 14.5. The van der Waals surface area contributed by atoms with E-state index in [-0.39, 0.29) is 22.4 Å². The molecule has 2 saturated heterocycles. The SMILES string of the molecule is CC(=O)NC1C(Oc2ccccc2[N+](=O)[O-])OC(COC(C)=O)C(OC2OC(C)C(OC(=O)c3ccccc3)C(OC(=O)c3ccccc3)C2OC(=O)c2ccccc2)C1OC(C)=O. The second kappa shape index (κ2) is 21.2. The number of nitrogens with one attached hydrogen (secondary N) is 1. The Hall–Kier alpha value is -7.22. The van der Waals surface area contributed by atoms with Crippen molar-refractivity contribution in [3.05, 3.63) is 142 Å². The summed E-state index contributed by atoms with van der Waals surface area (Å²) in [6.45, 7) is 4.16. The molecule has 4 aromatic carbocycles. The highest BCUT2D eigenvalue weighted by atomic mass is 16.8. The largest absolute Gasteiger partial charge is 0.463 e. The lowest BCUT2D eigenvalue weighted by Gasteiger charge is -2.48. The van der Waals surface area contributed by atoms with Crippen molar-refractivity contribution < 1.29 is 76.3 Å². The number of para-hydroxylation sites is 2. The standard InChI is InChI=1S/C45H44N2O17/c1-25-36(61-41(51)29-16-8-5-9-17-29)39(62-42(52)30-18-10-6-11-19-30)40(63-43(53)31-20-12-7-13-21-31)45(57-25)64-37-34(24-56-27(3)49)60-44(35(46-26(2)48)38(37)58-28(4)50)59-33-23-15-14-22-32(33)47(54)55/h5-23,25,34-40,44-45H,24H2,1-4H3,(H,46,48). The number of hydrogen-bond acceptors (Lipinski definition) is 17. The first kappa shape index (κ1) is 46.3. The molecule has 0 bridgehead atoms. The maximum absolute atomic E-state index is 14.0. The molecular weight excluding hydrogens is 840 g/mol. The van der Waals surface area contributed by atoms with E-state index < -0.39 is 114 Å². The number of amides is 1. The minimum absolute atomic E-state index is 0.0538. The molecule has 10 atom stereocenters. The number of carbonyl (C=O) groups excluding carboxylic acids is 6. The maximum Gasteiger partial charge on any atom is 0.338 e. The van der Waals surface area contributed by atoms with Gasteiger partial charge < -0.3 is 47.9 Å². The second-order valence-electron chi connectivity index (χ2n) is 14.5. The van der Waals surface area contributed by atoms with Crippen LogP contribution in [0.5, 0.6) is 5.75 Å². The predicted molar refractivity (Wildman–Crippen MR) is 218 cm³/mol. The molecule has 10 unspecified atom stereocenters. The molecule has 19 nitrogen and oxygen atoms in total. The van der Waals surface area contributed by atoms with Crippen molar-refractivity contribution in [2.75, 3.05) is 6.61 Å². The van der Waals surface area contributed by atoms with Gasteiger partial charge in [0, 0.05) is 26.8 Å². The lowest BCUT2D eigenvalue weighted by Crippen LogP contribution is -2.69. The van der Waals surface area contributed by atoms with Crippen LogP contribution in [-0.4, -0.2) is 109 Å². The Morgan fingerprint density at radius 3 is 1.59 bits per heavy atom. The number of benzene rings is 4. The first-order valence-electron chi connectivity index (χ1n) is 19.9. The van der Waals surface area contributed by atoms with E-state index in [0.717, 1.165) is 20.8 Å². The zero-order valence-electron chi connectivity index (χ0n) is 34.8. The molecule has 64 heavy (non-hydrogen) atoms. The number of esters is 5. The molecule has 0 saturated carbocycles. The summed E-state index contributed by atoms with van der Waals surface area (Å²) in [5, 5.41) is 14.6. The van der Waals surface area contributed by atoms with Gasteiger partial charge in [-0.1, -0.05) is 66.7 Å². The van der Waals surface area contributed by atoms with Gasteiger partial charge in [-0.2, -0.15) is 0 Å². The molecule has 2 heterocycles. The quantitative estimate of drug-likeness (QED) is 0.0748. The van der Waals surface area contributed by atoms with Crippen LogP contribution in [0.1, 0.15) is 58.8 Å². The van der Waals surface area contributed by atoms with Crippen LogP contribution in [0.4, 0.5) is 5.69 Å². The van der Waals surface area contributed by atoms with Crippen molar-refractivity contribution in [1.82, 2.24) is 5.32 Å². The fourth-order valence-electron chi connectivity index (χ4n) is 7.01. The summed E-state index contributed by atoms with van der Waals surface area (Å²) in [5.74, 6) is -5.36. The van der Waals surface area contributed by atoms with Gasteiger partial charge in [0.1, 0.15) is 24.9 Å².